The van der Waals surface area contributed by atoms with Gasteiger partial charge in [0.15, 0.2) is 0 Å². The Bertz CT molecular complexity index is 3040. The van der Waals surface area contributed by atoms with Gasteiger partial charge in [0, 0.05) is 12.1 Å². The third-order valence-electron chi connectivity index (χ3n) is 10.9. The van der Waals surface area contributed by atoms with Crippen LogP contribution < -0.4 is 28.4 Å². The minimum atomic E-state index is 0.758. The fourth-order valence-electron chi connectivity index (χ4n) is 7.13. The molecular formula is C64H56O6. The molecule has 0 aliphatic heterocycles. The van der Waals surface area contributed by atoms with Crippen LogP contribution in [0.15, 0.2) is 231 Å². The topological polar surface area (TPSA) is 55.4 Å². The average molecular weight is 921 g/mol. The van der Waals surface area contributed by atoms with E-state index in [1.165, 1.54) is 33.4 Å². The number of aryl methyl sites for hydroxylation is 6. The lowest BCUT2D eigenvalue weighted by molar-refractivity contribution is 0.459. The summed E-state index contributed by atoms with van der Waals surface area (Å²) in [5, 5.41) is 2.23. The predicted molar refractivity (Wildman–Crippen MR) is 284 cm³/mol. The highest BCUT2D eigenvalue weighted by atomic mass is 16.5. The van der Waals surface area contributed by atoms with Crippen molar-refractivity contribution in [2.24, 2.45) is 0 Å². The van der Waals surface area contributed by atoms with Gasteiger partial charge in [-0.3, -0.25) is 0 Å². The van der Waals surface area contributed by atoms with Gasteiger partial charge < -0.3 is 28.4 Å². The minimum absolute atomic E-state index is 0.758. The third kappa shape index (κ3) is 14.6. The lowest BCUT2D eigenvalue weighted by Gasteiger charge is -2.10. The van der Waals surface area contributed by atoms with Crippen molar-refractivity contribution in [1.29, 1.82) is 0 Å². The smallest absolute Gasteiger partial charge is 0.131 e. The minimum Gasteiger partial charge on any atom is -0.457 e. The molecule has 0 amide bonds. The number of benzene rings is 10. The first-order valence-corrected chi connectivity index (χ1v) is 23.2. The summed E-state index contributed by atoms with van der Waals surface area (Å²) in [5.41, 5.74) is 7.20. The summed E-state index contributed by atoms with van der Waals surface area (Å²) in [6.45, 7) is 12.3. The van der Waals surface area contributed by atoms with Crippen molar-refractivity contribution < 1.29 is 28.4 Å². The highest BCUT2D eigenvalue weighted by Crippen LogP contribution is 2.33. The van der Waals surface area contributed by atoms with Crippen LogP contribution in [0.25, 0.3) is 10.8 Å². The summed E-state index contributed by atoms with van der Waals surface area (Å²) in [6.07, 6.45) is 0. The fourth-order valence-corrected chi connectivity index (χ4v) is 7.13. The van der Waals surface area contributed by atoms with Gasteiger partial charge >= 0.3 is 0 Å². The molecule has 0 spiro atoms. The molecule has 0 saturated heterocycles. The Hall–Kier alpha value is -8.74. The van der Waals surface area contributed by atoms with Gasteiger partial charge in [0.25, 0.3) is 0 Å². The van der Waals surface area contributed by atoms with Crippen LogP contribution in [-0.2, 0) is 0 Å². The third-order valence-corrected chi connectivity index (χ3v) is 10.9. The largest absolute Gasteiger partial charge is 0.457 e. The zero-order chi connectivity index (χ0) is 48.7. The monoisotopic (exact) mass is 920 g/mol. The van der Waals surface area contributed by atoms with Gasteiger partial charge in [0.05, 0.1) is 0 Å². The van der Waals surface area contributed by atoms with Crippen LogP contribution in [0.3, 0.4) is 0 Å². The Morgan fingerprint density at radius 1 is 0.171 bits per heavy atom. The van der Waals surface area contributed by atoms with E-state index in [2.05, 4.69) is 39.8 Å². The van der Waals surface area contributed by atoms with Gasteiger partial charge in [0.2, 0.25) is 0 Å². The summed E-state index contributed by atoms with van der Waals surface area (Å²) in [6, 6.07) is 75.5. The van der Waals surface area contributed by atoms with E-state index in [1.54, 1.807) is 0 Å². The van der Waals surface area contributed by atoms with Crippen LogP contribution in [-0.4, -0.2) is 0 Å². The first-order chi connectivity index (χ1) is 34.0. The lowest BCUT2D eigenvalue weighted by atomic mass is 10.1. The zero-order valence-corrected chi connectivity index (χ0v) is 40.4. The maximum Gasteiger partial charge on any atom is 0.131 e. The molecule has 0 bridgehead atoms. The molecule has 0 radical (unpaired) electrons. The summed E-state index contributed by atoms with van der Waals surface area (Å²) >= 11 is 0. The molecule has 348 valence electrons. The molecule has 0 saturated carbocycles. The predicted octanol–water partition coefficient (Wildman–Crippen LogP) is 18.8. The van der Waals surface area contributed by atoms with E-state index in [-0.39, 0.29) is 0 Å². The number of hydrogen-bond donors (Lipinski definition) is 0. The highest BCUT2D eigenvalue weighted by Gasteiger charge is 2.06. The van der Waals surface area contributed by atoms with Crippen LogP contribution in [0.4, 0.5) is 0 Å². The Morgan fingerprint density at radius 3 is 0.686 bits per heavy atom. The molecule has 0 aliphatic rings. The number of ether oxygens (including phenoxy) is 6. The van der Waals surface area contributed by atoms with Crippen molar-refractivity contribution >= 4 is 10.8 Å². The van der Waals surface area contributed by atoms with Gasteiger partial charge in [0.1, 0.15) is 69.0 Å². The second kappa shape index (κ2) is 23.3. The van der Waals surface area contributed by atoms with Crippen LogP contribution in [0.5, 0.6) is 69.0 Å². The van der Waals surface area contributed by atoms with Crippen LogP contribution >= 0.6 is 0 Å². The number of fused-ring (bicyclic) bond motifs is 1. The molecule has 6 heteroatoms. The molecule has 0 heterocycles. The molecule has 0 unspecified atom stereocenters. The van der Waals surface area contributed by atoms with Gasteiger partial charge in [-0.15, -0.1) is 0 Å². The Labute approximate surface area is 411 Å². The molecule has 0 aromatic heterocycles. The van der Waals surface area contributed by atoms with Gasteiger partial charge in [-0.05, 0) is 185 Å². The zero-order valence-electron chi connectivity index (χ0n) is 40.4. The molecule has 0 fully saturated rings. The standard InChI is InChI=1S/C24H20O2.2C20H18O2/c1-17-3-9-21(10-4-17)25-23-13-7-19-8-14-24(16-20(19)15-23)26-22-11-5-18(2)6-12-22;1-15-6-3-8-17(12-15)21-19-10-5-11-20(14-19)22-18-9-4-7-16(2)13-18;1-15-6-10-17(11-7-15)21-19-4-3-5-20(14-19)22-18-12-8-16(2)9-13-18/h3-16H,1-2H3;2*3-14H,1-2H3. The van der Waals surface area contributed by atoms with E-state index in [0.29, 0.717) is 0 Å². The summed E-state index contributed by atoms with van der Waals surface area (Å²) in [7, 11) is 0. The quantitative estimate of drug-likeness (QED) is 0.122. The Kier molecular flexibility index (Phi) is 15.9. The molecule has 10 aromatic carbocycles. The van der Waals surface area contributed by atoms with E-state index >= 15 is 0 Å². The summed E-state index contributed by atoms with van der Waals surface area (Å²) in [4.78, 5) is 0. The van der Waals surface area contributed by atoms with E-state index in [1.807, 2.05) is 232 Å². The van der Waals surface area contributed by atoms with Gasteiger partial charge in [-0.2, -0.15) is 0 Å². The average Bonchev–Trinajstić information content (AvgIpc) is 3.35. The van der Waals surface area contributed by atoms with Crippen molar-refractivity contribution in [2.75, 3.05) is 0 Å². The summed E-state index contributed by atoms with van der Waals surface area (Å²) < 4.78 is 35.4. The van der Waals surface area contributed by atoms with Crippen molar-refractivity contribution in [3.05, 3.63) is 264 Å². The number of rotatable bonds is 12. The molecule has 0 aliphatic carbocycles. The first-order valence-electron chi connectivity index (χ1n) is 23.2. The van der Waals surface area contributed by atoms with Crippen molar-refractivity contribution in [3.8, 4) is 69.0 Å². The normalized spacial score (nSPS) is 10.4. The first kappa shape index (κ1) is 47.7. The van der Waals surface area contributed by atoms with Gasteiger partial charge in [-0.1, -0.05) is 119 Å². The van der Waals surface area contributed by atoms with E-state index in [9.17, 15) is 0 Å². The molecular weight excluding hydrogens is 865 g/mol. The molecule has 10 rings (SSSR count). The van der Waals surface area contributed by atoms with E-state index in [0.717, 1.165) is 79.8 Å². The van der Waals surface area contributed by atoms with Crippen LogP contribution in [0.2, 0.25) is 0 Å². The van der Waals surface area contributed by atoms with Crippen molar-refractivity contribution in [3.63, 3.8) is 0 Å². The summed E-state index contributed by atoms with van der Waals surface area (Å²) in [5.74, 6) is 9.62. The highest BCUT2D eigenvalue weighted by molar-refractivity contribution is 5.85. The Morgan fingerprint density at radius 2 is 0.400 bits per heavy atom. The van der Waals surface area contributed by atoms with E-state index in [4.69, 9.17) is 28.4 Å². The molecule has 70 heavy (non-hydrogen) atoms. The second-order valence-electron chi connectivity index (χ2n) is 17.1. The van der Waals surface area contributed by atoms with Gasteiger partial charge in [-0.25, -0.2) is 0 Å². The van der Waals surface area contributed by atoms with E-state index < -0.39 is 0 Å². The van der Waals surface area contributed by atoms with Crippen LogP contribution in [0, 0.1) is 41.5 Å². The molecule has 0 N–H and O–H groups in total. The fraction of sp³-hybridized carbons (Fsp3) is 0.0938. The maximum absolute atomic E-state index is 5.97. The maximum atomic E-state index is 5.97. The van der Waals surface area contributed by atoms with Crippen molar-refractivity contribution in [2.45, 2.75) is 41.5 Å². The van der Waals surface area contributed by atoms with Crippen molar-refractivity contribution in [1.82, 2.24) is 0 Å². The Balaban J connectivity index is 0.000000142. The second-order valence-corrected chi connectivity index (χ2v) is 17.1. The lowest BCUT2D eigenvalue weighted by Crippen LogP contribution is -1.88. The molecule has 0 atom stereocenters. The number of hydrogen-bond acceptors (Lipinski definition) is 6. The molecule has 10 aromatic rings. The molecule has 6 nitrogen and oxygen atoms in total. The SMILES string of the molecule is Cc1ccc(Oc2ccc3ccc(Oc4ccc(C)cc4)cc3c2)cc1.Cc1ccc(Oc2cccc(Oc3ccc(C)cc3)c2)cc1.Cc1cccc(Oc2cccc(Oc3cccc(C)c3)c2)c1. The van der Waals surface area contributed by atoms with Crippen LogP contribution in [0.1, 0.15) is 33.4 Å².